The van der Waals surface area contributed by atoms with E-state index in [2.05, 4.69) is 4.99 Å². The normalized spacial score (nSPS) is 12.3. The molecule has 3 rings (SSSR count). The number of methoxy groups -OCH3 is 2. The Kier molecular flexibility index (Phi) is 6.25. The summed E-state index contributed by atoms with van der Waals surface area (Å²) in [5.74, 6) is 0.986. The third-order valence-electron chi connectivity index (χ3n) is 4.13. The molecule has 3 aromatic rings. The molecule has 0 fully saturated rings. The monoisotopic (exact) mass is 473 g/mol. The number of ether oxygens (including phenoxy) is 2. The van der Waals surface area contributed by atoms with E-state index in [0.717, 1.165) is 5.69 Å². The molecule has 0 amide bonds. The van der Waals surface area contributed by atoms with Crippen LogP contribution >= 0.6 is 34.5 Å². The first-order chi connectivity index (χ1) is 13.7. The number of benzene rings is 2. The van der Waals surface area contributed by atoms with E-state index in [4.69, 9.17) is 37.8 Å². The van der Waals surface area contributed by atoms with Crippen LogP contribution in [-0.4, -0.2) is 27.2 Å². The molecule has 0 spiro atoms. The van der Waals surface area contributed by atoms with Gasteiger partial charge in [-0.3, -0.25) is 0 Å². The van der Waals surface area contributed by atoms with Gasteiger partial charge in [0.25, 0.3) is 0 Å². The quantitative estimate of drug-likeness (QED) is 0.606. The minimum atomic E-state index is -3.94. The molecule has 2 N–H and O–H groups in total. The Bertz CT molecular complexity index is 1250. The van der Waals surface area contributed by atoms with Gasteiger partial charge in [0.05, 0.1) is 30.0 Å². The van der Waals surface area contributed by atoms with Crippen molar-refractivity contribution in [3.05, 3.63) is 50.6 Å². The molecule has 0 bridgehead atoms. The van der Waals surface area contributed by atoms with Gasteiger partial charge in [-0.05, 0) is 18.2 Å². The van der Waals surface area contributed by atoms with Crippen molar-refractivity contribution in [1.29, 1.82) is 0 Å². The summed E-state index contributed by atoms with van der Waals surface area (Å²) >= 11 is 13.6. The number of hydrogen-bond donors (Lipinski definition) is 1. The Morgan fingerprint density at radius 2 is 1.76 bits per heavy atom. The first-order valence-corrected chi connectivity index (χ1v) is 11.3. The number of aromatic nitrogens is 1. The van der Waals surface area contributed by atoms with Crippen LogP contribution in [-0.2, 0) is 17.1 Å². The second-order valence-electron chi connectivity index (χ2n) is 5.92. The maximum Gasteiger partial charge on any atom is 0.239 e. The molecular weight excluding hydrogens is 457 g/mol. The van der Waals surface area contributed by atoms with E-state index in [-0.39, 0.29) is 9.92 Å². The van der Waals surface area contributed by atoms with E-state index in [1.54, 1.807) is 18.2 Å². The average molecular weight is 474 g/mol. The molecule has 7 nitrogen and oxygen atoms in total. The fraction of sp³-hybridized carbons (Fsp3) is 0.167. The lowest BCUT2D eigenvalue weighted by Gasteiger charge is -2.09. The molecule has 0 saturated heterocycles. The predicted octanol–water partition coefficient (Wildman–Crippen LogP) is 3.96. The zero-order valence-corrected chi connectivity index (χ0v) is 18.8. The van der Waals surface area contributed by atoms with Crippen LogP contribution in [0.15, 0.2) is 45.6 Å². The molecule has 0 aliphatic rings. The third kappa shape index (κ3) is 4.44. The molecule has 29 heavy (non-hydrogen) atoms. The molecule has 0 aliphatic heterocycles. The molecule has 2 aromatic carbocycles. The summed E-state index contributed by atoms with van der Waals surface area (Å²) in [7, 11) is 0.920. The third-order valence-corrected chi connectivity index (χ3v) is 6.73. The second-order valence-corrected chi connectivity index (χ2v) is 9.10. The van der Waals surface area contributed by atoms with Crippen molar-refractivity contribution in [1.82, 2.24) is 4.57 Å². The maximum atomic E-state index is 11.8. The fourth-order valence-electron chi connectivity index (χ4n) is 2.65. The molecule has 1 aromatic heterocycles. The largest absolute Gasteiger partial charge is 0.495 e. The first kappa shape index (κ1) is 21.7. The Hall–Kier alpha value is -2.04. The summed E-state index contributed by atoms with van der Waals surface area (Å²) in [6.07, 6.45) is 0. The number of hydrogen-bond acceptors (Lipinski definition) is 6. The SMILES string of the molecule is COc1cc(OC)c(/N=c2/scc(-c3ccc(Cl)c(S(N)(=O)=O)c3)n2C)cc1Cl. The van der Waals surface area contributed by atoms with Crippen molar-refractivity contribution in [3.63, 3.8) is 0 Å². The van der Waals surface area contributed by atoms with Crippen LogP contribution in [0.2, 0.25) is 10.0 Å². The van der Waals surface area contributed by atoms with Gasteiger partial charge >= 0.3 is 0 Å². The summed E-state index contributed by atoms with van der Waals surface area (Å²) < 4.78 is 35.9. The van der Waals surface area contributed by atoms with Crippen molar-refractivity contribution in [2.75, 3.05) is 14.2 Å². The van der Waals surface area contributed by atoms with Crippen molar-refractivity contribution < 1.29 is 17.9 Å². The van der Waals surface area contributed by atoms with E-state index in [1.165, 1.54) is 37.7 Å². The molecule has 154 valence electrons. The highest BCUT2D eigenvalue weighted by Crippen LogP contribution is 2.37. The molecule has 0 unspecified atom stereocenters. The minimum absolute atomic E-state index is 0.0663. The number of primary sulfonamides is 1. The van der Waals surface area contributed by atoms with Gasteiger partial charge in [-0.2, -0.15) is 0 Å². The zero-order chi connectivity index (χ0) is 21.3. The number of rotatable bonds is 5. The fourth-order valence-corrected chi connectivity index (χ4v) is 4.87. The Morgan fingerprint density at radius 3 is 2.38 bits per heavy atom. The zero-order valence-electron chi connectivity index (χ0n) is 15.6. The van der Waals surface area contributed by atoms with Gasteiger partial charge in [0.15, 0.2) is 4.80 Å². The Labute approximate surface area is 182 Å². The van der Waals surface area contributed by atoms with Gasteiger partial charge in [-0.25, -0.2) is 18.5 Å². The van der Waals surface area contributed by atoms with Gasteiger partial charge in [-0.1, -0.05) is 29.3 Å². The van der Waals surface area contributed by atoms with Gasteiger partial charge < -0.3 is 14.0 Å². The molecule has 0 radical (unpaired) electrons. The van der Waals surface area contributed by atoms with Crippen LogP contribution in [0.5, 0.6) is 11.5 Å². The first-order valence-electron chi connectivity index (χ1n) is 8.09. The molecule has 0 saturated carbocycles. The number of sulfonamides is 1. The Morgan fingerprint density at radius 1 is 1.07 bits per heavy atom. The minimum Gasteiger partial charge on any atom is -0.495 e. The summed E-state index contributed by atoms with van der Waals surface area (Å²) in [5.41, 5.74) is 1.91. The maximum absolute atomic E-state index is 11.8. The van der Waals surface area contributed by atoms with Crippen LogP contribution in [0.3, 0.4) is 0 Å². The van der Waals surface area contributed by atoms with Gasteiger partial charge in [0.2, 0.25) is 10.0 Å². The second kappa shape index (κ2) is 8.37. The molecule has 1 heterocycles. The topological polar surface area (TPSA) is 95.9 Å². The van der Waals surface area contributed by atoms with Gasteiger partial charge in [0, 0.05) is 24.1 Å². The average Bonchev–Trinajstić information content (AvgIpc) is 3.02. The highest BCUT2D eigenvalue weighted by Gasteiger charge is 2.16. The smallest absolute Gasteiger partial charge is 0.239 e. The van der Waals surface area contributed by atoms with E-state index in [1.807, 2.05) is 17.0 Å². The lowest BCUT2D eigenvalue weighted by atomic mass is 10.2. The van der Waals surface area contributed by atoms with Crippen LogP contribution in [0, 0.1) is 0 Å². The summed E-state index contributed by atoms with van der Waals surface area (Å²) in [5, 5.41) is 7.57. The van der Waals surface area contributed by atoms with E-state index in [9.17, 15) is 8.42 Å². The summed E-state index contributed by atoms with van der Waals surface area (Å²) in [6.45, 7) is 0. The number of nitrogens with two attached hydrogens (primary N) is 1. The number of thiazole rings is 1. The standard InChI is InChI=1S/C18H17Cl2N3O4S2/c1-23-14(10-4-5-11(19)17(6-10)29(21,24)25)9-28-18(23)22-13-7-12(20)15(26-2)8-16(13)27-3/h4-9H,1-3H3,(H2,21,24,25)/b22-18+. The molecule has 0 aliphatic carbocycles. The predicted molar refractivity (Wildman–Crippen MR) is 115 cm³/mol. The van der Waals surface area contributed by atoms with Gasteiger partial charge in [-0.15, -0.1) is 11.3 Å². The van der Waals surface area contributed by atoms with Crippen molar-refractivity contribution in [2.45, 2.75) is 4.90 Å². The summed E-state index contributed by atoms with van der Waals surface area (Å²) in [4.78, 5) is 5.14. The number of halogens is 2. The molecule has 11 heteroatoms. The lowest BCUT2D eigenvalue weighted by molar-refractivity contribution is 0.395. The number of nitrogens with zero attached hydrogens (tertiary/aromatic N) is 2. The van der Waals surface area contributed by atoms with E-state index < -0.39 is 10.0 Å². The lowest BCUT2D eigenvalue weighted by Crippen LogP contribution is -2.14. The molecule has 0 atom stereocenters. The molecular formula is C18H17Cl2N3O4S2. The van der Waals surface area contributed by atoms with Crippen LogP contribution in [0.25, 0.3) is 11.3 Å². The van der Waals surface area contributed by atoms with Gasteiger partial charge in [0.1, 0.15) is 22.1 Å². The highest BCUT2D eigenvalue weighted by molar-refractivity contribution is 7.89. The van der Waals surface area contributed by atoms with Crippen LogP contribution < -0.4 is 19.4 Å². The van der Waals surface area contributed by atoms with Crippen LogP contribution in [0.4, 0.5) is 5.69 Å². The van der Waals surface area contributed by atoms with Crippen LogP contribution in [0.1, 0.15) is 0 Å². The highest BCUT2D eigenvalue weighted by atomic mass is 35.5. The van der Waals surface area contributed by atoms with Crippen molar-refractivity contribution in [3.8, 4) is 22.8 Å². The van der Waals surface area contributed by atoms with Crippen molar-refractivity contribution >= 4 is 50.2 Å². The Balaban J connectivity index is 2.13. The summed E-state index contributed by atoms with van der Waals surface area (Å²) in [6, 6.07) is 7.96. The van der Waals surface area contributed by atoms with Crippen molar-refractivity contribution in [2.24, 2.45) is 17.2 Å². The van der Waals surface area contributed by atoms with E-state index in [0.29, 0.717) is 32.6 Å². The van der Waals surface area contributed by atoms with E-state index >= 15 is 0 Å².